The van der Waals surface area contributed by atoms with Crippen molar-refractivity contribution in [3.8, 4) is 5.75 Å². The molecule has 2 rings (SSSR count). The third-order valence-electron chi connectivity index (χ3n) is 3.34. The van der Waals surface area contributed by atoms with E-state index in [0.29, 0.717) is 10.8 Å². The highest BCUT2D eigenvalue weighted by Crippen LogP contribution is 2.21. The first-order valence-corrected chi connectivity index (χ1v) is 7.37. The van der Waals surface area contributed by atoms with Crippen LogP contribution in [0.3, 0.4) is 0 Å². The fraction of sp³-hybridized carbons (Fsp3) is 0.533. The van der Waals surface area contributed by atoms with Gasteiger partial charge in [0.05, 0.1) is 0 Å². The number of rotatable bonds is 4. The highest BCUT2D eigenvalue weighted by atomic mass is 35.5. The zero-order valence-corrected chi connectivity index (χ0v) is 12.7. The maximum atomic E-state index is 12.6. The second kappa shape index (κ2) is 6.95. The molecule has 1 aliphatic rings. The summed E-state index contributed by atoms with van der Waals surface area (Å²) in [5.74, 6) is 0.803. The van der Waals surface area contributed by atoms with E-state index >= 15 is 0 Å². The molecule has 0 spiro atoms. The van der Waals surface area contributed by atoms with Crippen LogP contribution in [0.5, 0.6) is 5.75 Å². The van der Waals surface area contributed by atoms with Crippen molar-refractivity contribution < 1.29 is 9.53 Å². The summed E-state index contributed by atoms with van der Waals surface area (Å²) in [6.45, 7) is 7.15. The molecular formula is C15H21ClN2O2. The number of piperazine rings is 1. The first kappa shape index (κ1) is 15.1. The van der Waals surface area contributed by atoms with E-state index in [1.165, 1.54) is 0 Å². The van der Waals surface area contributed by atoms with Crippen LogP contribution in [0.4, 0.5) is 0 Å². The second-order valence-corrected chi connectivity index (χ2v) is 5.75. The summed E-state index contributed by atoms with van der Waals surface area (Å²) in [5.41, 5.74) is 0. The first-order chi connectivity index (χ1) is 9.58. The standard InChI is InChI=1S/C15H21ClN2O2/c1-11(2)14(15(19)18-8-6-17-7-9-18)20-13-5-3-4-12(16)10-13/h3-5,10-11,14,17H,6-9H2,1-2H3. The van der Waals surface area contributed by atoms with Crippen LogP contribution >= 0.6 is 11.6 Å². The Morgan fingerprint density at radius 1 is 1.35 bits per heavy atom. The third kappa shape index (κ3) is 3.87. The SMILES string of the molecule is CC(C)C(Oc1cccc(Cl)c1)C(=O)N1CCNCC1. The van der Waals surface area contributed by atoms with Gasteiger partial charge in [-0.3, -0.25) is 4.79 Å². The lowest BCUT2D eigenvalue weighted by Crippen LogP contribution is -2.52. The van der Waals surface area contributed by atoms with Gasteiger partial charge < -0.3 is 15.0 Å². The van der Waals surface area contributed by atoms with Crippen molar-refractivity contribution in [3.05, 3.63) is 29.3 Å². The van der Waals surface area contributed by atoms with Gasteiger partial charge in [-0.05, 0) is 24.1 Å². The minimum atomic E-state index is -0.466. The van der Waals surface area contributed by atoms with Crippen LogP contribution in [0.1, 0.15) is 13.8 Å². The van der Waals surface area contributed by atoms with E-state index in [1.54, 1.807) is 12.1 Å². The van der Waals surface area contributed by atoms with Crippen LogP contribution in [0.2, 0.25) is 5.02 Å². The van der Waals surface area contributed by atoms with E-state index in [-0.39, 0.29) is 11.8 Å². The summed E-state index contributed by atoms with van der Waals surface area (Å²) < 4.78 is 5.88. The fourth-order valence-corrected chi connectivity index (χ4v) is 2.40. The fourth-order valence-electron chi connectivity index (χ4n) is 2.22. The molecular weight excluding hydrogens is 276 g/mol. The van der Waals surface area contributed by atoms with Gasteiger partial charge in [0, 0.05) is 31.2 Å². The smallest absolute Gasteiger partial charge is 0.263 e. The molecule has 4 nitrogen and oxygen atoms in total. The second-order valence-electron chi connectivity index (χ2n) is 5.32. The number of nitrogens with one attached hydrogen (secondary N) is 1. The number of carbonyl (C=O) groups is 1. The normalized spacial score (nSPS) is 17.1. The topological polar surface area (TPSA) is 41.6 Å². The Labute approximate surface area is 125 Å². The van der Waals surface area contributed by atoms with Gasteiger partial charge in [-0.15, -0.1) is 0 Å². The number of hydrogen-bond acceptors (Lipinski definition) is 3. The molecule has 1 aromatic rings. The number of halogens is 1. The van der Waals surface area contributed by atoms with Gasteiger partial charge in [0.1, 0.15) is 5.75 Å². The average molecular weight is 297 g/mol. The molecule has 20 heavy (non-hydrogen) atoms. The van der Waals surface area contributed by atoms with E-state index in [2.05, 4.69) is 5.32 Å². The Balaban J connectivity index is 2.08. The number of ether oxygens (including phenoxy) is 1. The van der Waals surface area contributed by atoms with Crippen LogP contribution in [0.25, 0.3) is 0 Å². The van der Waals surface area contributed by atoms with Crippen molar-refractivity contribution >= 4 is 17.5 Å². The molecule has 1 saturated heterocycles. The van der Waals surface area contributed by atoms with Gasteiger partial charge in [0.15, 0.2) is 6.10 Å². The van der Waals surface area contributed by atoms with E-state index in [4.69, 9.17) is 16.3 Å². The Morgan fingerprint density at radius 2 is 2.05 bits per heavy atom. The molecule has 1 unspecified atom stereocenters. The quantitative estimate of drug-likeness (QED) is 0.926. The van der Waals surface area contributed by atoms with Crippen molar-refractivity contribution in [1.82, 2.24) is 10.2 Å². The summed E-state index contributed by atoms with van der Waals surface area (Å²) in [6, 6.07) is 7.18. The number of carbonyl (C=O) groups excluding carboxylic acids is 1. The van der Waals surface area contributed by atoms with Gasteiger partial charge in [-0.1, -0.05) is 31.5 Å². The third-order valence-corrected chi connectivity index (χ3v) is 3.57. The maximum Gasteiger partial charge on any atom is 0.263 e. The van der Waals surface area contributed by atoms with E-state index in [1.807, 2.05) is 30.9 Å². The molecule has 0 aliphatic carbocycles. The molecule has 5 heteroatoms. The molecule has 1 aliphatic heterocycles. The maximum absolute atomic E-state index is 12.6. The summed E-state index contributed by atoms with van der Waals surface area (Å²) in [7, 11) is 0. The van der Waals surface area contributed by atoms with Gasteiger partial charge >= 0.3 is 0 Å². The molecule has 1 atom stereocenters. The van der Waals surface area contributed by atoms with Gasteiger partial charge in [-0.2, -0.15) is 0 Å². The summed E-state index contributed by atoms with van der Waals surface area (Å²) in [5, 5.41) is 3.85. The molecule has 1 aromatic carbocycles. The zero-order valence-electron chi connectivity index (χ0n) is 11.9. The molecule has 110 valence electrons. The number of benzene rings is 1. The van der Waals surface area contributed by atoms with Crippen LogP contribution in [-0.2, 0) is 4.79 Å². The molecule has 1 heterocycles. The molecule has 0 aromatic heterocycles. The molecule has 0 saturated carbocycles. The molecule has 1 N–H and O–H groups in total. The molecule has 1 amide bonds. The van der Waals surface area contributed by atoms with Crippen LogP contribution in [0, 0.1) is 5.92 Å². The predicted molar refractivity (Wildman–Crippen MR) is 80.2 cm³/mol. The Bertz CT molecular complexity index is 459. The first-order valence-electron chi connectivity index (χ1n) is 6.99. The zero-order chi connectivity index (χ0) is 14.5. The Hall–Kier alpha value is -1.26. The number of hydrogen-bond donors (Lipinski definition) is 1. The summed E-state index contributed by atoms with van der Waals surface area (Å²) in [4.78, 5) is 14.4. The minimum absolute atomic E-state index is 0.0569. The Morgan fingerprint density at radius 3 is 2.65 bits per heavy atom. The molecule has 1 fully saturated rings. The van der Waals surface area contributed by atoms with E-state index in [0.717, 1.165) is 26.2 Å². The van der Waals surface area contributed by atoms with Gasteiger partial charge in [0.2, 0.25) is 0 Å². The van der Waals surface area contributed by atoms with Crippen molar-refractivity contribution in [1.29, 1.82) is 0 Å². The number of amides is 1. The highest BCUT2D eigenvalue weighted by Gasteiger charge is 2.29. The van der Waals surface area contributed by atoms with Gasteiger partial charge in [-0.25, -0.2) is 0 Å². The van der Waals surface area contributed by atoms with E-state index in [9.17, 15) is 4.79 Å². The summed E-state index contributed by atoms with van der Waals surface area (Å²) >= 11 is 5.95. The van der Waals surface area contributed by atoms with Crippen LogP contribution in [0.15, 0.2) is 24.3 Å². The van der Waals surface area contributed by atoms with Crippen LogP contribution in [-0.4, -0.2) is 43.1 Å². The van der Waals surface area contributed by atoms with Crippen LogP contribution < -0.4 is 10.1 Å². The number of nitrogens with zero attached hydrogens (tertiary/aromatic N) is 1. The van der Waals surface area contributed by atoms with Crippen molar-refractivity contribution in [3.63, 3.8) is 0 Å². The predicted octanol–water partition coefficient (Wildman–Crippen LogP) is 2.18. The van der Waals surface area contributed by atoms with Gasteiger partial charge in [0.25, 0.3) is 5.91 Å². The van der Waals surface area contributed by atoms with Crippen molar-refractivity contribution in [2.45, 2.75) is 20.0 Å². The lowest BCUT2D eigenvalue weighted by molar-refractivity contribution is -0.141. The monoisotopic (exact) mass is 296 g/mol. The molecule has 0 bridgehead atoms. The average Bonchev–Trinajstić information content (AvgIpc) is 2.45. The lowest BCUT2D eigenvalue weighted by atomic mass is 10.1. The molecule has 0 radical (unpaired) electrons. The Kier molecular flexibility index (Phi) is 5.26. The van der Waals surface area contributed by atoms with Crippen molar-refractivity contribution in [2.75, 3.05) is 26.2 Å². The summed E-state index contributed by atoms with van der Waals surface area (Å²) in [6.07, 6.45) is -0.466. The van der Waals surface area contributed by atoms with E-state index < -0.39 is 6.10 Å². The minimum Gasteiger partial charge on any atom is -0.480 e. The van der Waals surface area contributed by atoms with Crippen molar-refractivity contribution in [2.24, 2.45) is 5.92 Å². The largest absolute Gasteiger partial charge is 0.480 e. The lowest BCUT2D eigenvalue weighted by Gasteiger charge is -2.32. The highest BCUT2D eigenvalue weighted by molar-refractivity contribution is 6.30.